The molecular formula is C14H14ClN3. The van der Waals surface area contributed by atoms with Crippen LogP contribution >= 0.6 is 11.6 Å². The Balaban J connectivity index is 1.87. The normalized spacial score (nSPS) is 17.9. The maximum absolute atomic E-state index is 5.75. The summed E-state index contributed by atoms with van der Waals surface area (Å²) in [6.45, 7) is 3.02. The Morgan fingerprint density at radius 3 is 2.83 bits per heavy atom. The van der Waals surface area contributed by atoms with Gasteiger partial charge in [-0.05, 0) is 37.1 Å². The third kappa shape index (κ3) is 2.06. The van der Waals surface area contributed by atoms with Crippen LogP contribution in [0.5, 0.6) is 0 Å². The fraction of sp³-hybridized carbons (Fsp3) is 0.286. The second-order valence-corrected chi connectivity index (χ2v) is 5.04. The van der Waals surface area contributed by atoms with E-state index < -0.39 is 0 Å². The zero-order chi connectivity index (χ0) is 12.5. The van der Waals surface area contributed by atoms with Crippen LogP contribution in [0.3, 0.4) is 0 Å². The first kappa shape index (κ1) is 11.5. The van der Waals surface area contributed by atoms with Gasteiger partial charge in [-0.1, -0.05) is 29.8 Å². The molecule has 92 valence electrons. The van der Waals surface area contributed by atoms with Gasteiger partial charge in [0.15, 0.2) is 5.15 Å². The highest BCUT2D eigenvalue weighted by atomic mass is 35.5. The Morgan fingerprint density at radius 2 is 2.06 bits per heavy atom. The number of rotatable bonds is 2. The van der Waals surface area contributed by atoms with Gasteiger partial charge in [0.05, 0.1) is 12.2 Å². The molecule has 2 aromatic rings. The van der Waals surface area contributed by atoms with Gasteiger partial charge in [-0.3, -0.25) is 0 Å². The first-order valence-corrected chi connectivity index (χ1v) is 6.44. The second kappa shape index (κ2) is 4.58. The summed E-state index contributed by atoms with van der Waals surface area (Å²) >= 11 is 5.75. The lowest BCUT2D eigenvalue weighted by atomic mass is 10.1. The molecule has 1 aromatic heterocycles. The fourth-order valence-electron chi connectivity index (χ4n) is 2.47. The lowest BCUT2D eigenvalue weighted by Gasteiger charge is -2.24. The number of halogens is 1. The van der Waals surface area contributed by atoms with Gasteiger partial charge in [0.2, 0.25) is 0 Å². The van der Waals surface area contributed by atoms with Crippen LogP contribution in [0.15, 0.2) is 36.4 Å². The number of hydrogen-bond donors (Lipinski definition) is 0. The smallest absolute Gasteiger partial charge is 0.151 e. The van der Waals surface area contributed by atoms with Crippen molar-refractivity contribution in [2.24, 2.45) is 0 Å². The van der Waals surface area contributed by atoms with E-state index in [2.05, 4.69) is 46.3 Å². The summed E-state index contributed by atoms with van der Waals surface area (Å²) in [6.07, 6.45) is 1.09. The van der Waals surface area contributed by atoms with E-state index in [9.17, 15) is 0 Å². The van der Waals surface area contributed by atoms with Crippen molar-refractivity contribution in [1.29, 1.82) is 0 Å². The van der Waals surface area contributed by atoms with Gasteiger partial charge >= 0.3 is 0 Å². The molecule has 18 heavy (non-hydrogen) atoms. The SMILES string of the molecule is CC1Cc2ccccc2N1Cc1ccc(Cl)nn1. The average Bonchev–Trinajstić information content (AvgIpc) is 2.69. The van der Waals surface area contributed by atoms with Gasteiger partial charge < -0.3 is 4.90 Å². The zero-order valence-electron chi connectivity index (χ0n) is 10.2. The van der Waals surface area contributed by atoms with Crippen molar-refractivity contribution in [1.82, 2.24) is 10.2 Å². The first-order valence-electron chi connectivity index (χ1n) is 6.06. The van der Waals surface area contributed by atoms with Crippen LogP contribution in [-0.4, -0.2) is 16.2 Å². The van der Waals surface area contributed by atoms with Crippen molar-refractivity contribution in [3.05, 3.63) is 52.8 Å². The molecule has 0 fully saturated rings. The van der Waals surface area contributed by atoms with Crippen molar-refractivity contribution in [2.75, 3.05) is 4.90 Å². The van der Waals surface area contributed by atoms with E-state index >= 15 is 0 Å². The highest BCUT2D eigenvalue weighted by Crippen LogP contribution is 2.32. The Kier molecular flexibility index (Phi) is 2.92. The Labute approximate surface area is 111 Å². The molecule has 1 aliphatic rings. The Hall–Kier alpha value is -1.61. The highest BCUT2D eigenvalue weighted by Gasteiger charge is 2.25. The Morgan fingerprint density at radius 1 is 1.22 bits per heavy atom. The maximum atomic E-state index is 5.75. The molecule has 3 rings (SSSR count). The van der Waals surface area contributed by atoms with E-state index in [0.29, 0.717) is 11.2 Å². The van der Waals surface area contributed by atoms with Gasteiger partial charge in [-0.25, -0.2) is 0 Å². The second-order valence-electron chi connectivity index (χ2n) is 4.66. The summed E-state index contributed by atoms with van der Waals surface area (Å²) in [5.74, 6) is 0. The van der Waals surface area contributed by atoms with Crippen LogP contribution < -0.4 is 4.90 Å². The van der Waals surface area contributed by atoms with Crippen molar-refractivity contribution in [3.8, 4) is 0 Å². The molecule has 0 amide bonds. The van der Waals surface area contributed by atoms with Gasteiger partial charge in [-0.15, -0.1) is 5.10 Å². The summed E-state index contributed by atoms with van der Waals surface area (Å²) in [7, 11) is 0. The minimum Gasteiger partial charge on any atom is -0.362 e. The van der Waals surface area contributed by atoms with Crippen LogP contribution in [0.2, 0.25) is 5.15 Å². The van der Waals surface area contributed by atoms with Crippen molar-refractivity contribution in [3.63, 3.8) is 0 Å². The van der Waals surface area contributed by atoms with Crippen molar-refractivity contribution in [2.45, 2.75) is 25.9 Å². The summed E-state index contributed by atoms with van der Waals surface area (Å²) in [4.78, 5) is 2.37. The predicted octanol–water partition coefficient (Wildman–Crippen LogP) is 3.08. The molecule has 0 aliphatic carbocycles. The third-order valence-electron chi connectivity index (χ3n) is 3.37. The van der Waals surface area contributed by atoms with E-state index in [-0.39, 0.29) is 0 Å². The molecule has 0 N–H and O–H groups in total. The monoisotopic (exact) mass is 259 g/mol. The minimum atomic E-state index is 0.439. The van der Waals surface area contributed by atoms with E-state index in [4.69, 9.17) is 11.6 Å². The summed E-state index contributed by atoms with van der Waals surface area (Å²) in [5, 5.41) is 8.46. The van der Waals surface area contributed by atoms with Crippen LogP contribution in [0.1, 0.15) is 18.2 Å². The molecule has 1 aliphatic heterocycles. The number of para-hydroxylation sites is 1. The topological polar surface area (TPSA) is 29.0 Å². The molecular weight excluding hydrogens is 246 g/mol. The van der Waals surface area contributed by atoms with Crippen molar-refractivity contribution < 1.29 is 0 Å². The first-order chi connectivity index (χ1) is 8.74. The van der Waals surface area contributed by atoms with Crippen LogP contribution in [0.25, 0.3) is 0 Å². The van der Waals surface area contributed by atoms with Gasteiger partial charge in [0, 0.05) is 11.7 Å². The van der Waals surface area contributed by atoms with Gasteiger partial charge in [0.1, 0.15) is 0 Å². The molecule has 3 nitrogen and oxygen atoms in total. The van der Waals surface area contributed by atoms with E-state index in [1.54, 1.807) is 6.07 Å². The molecule has 0 bridgehead atoms. The number of aromatic nitrogens is 2. The zero-order valence-corrected chi connectivity index (χ0v) is 10.9. The molecule has 4 heteroatoms. The maximum Gasteiger partial charge on any atom is 0.151 e. The molecule has 0 radical (unpaired) electrons. The van der Waals surface area contributed by atoms with E-state index in [0.717, 1.165) is 18.7 Å². The van der Waals surface area contributed by atoms with E-state index in [1.807, 2.05) is 6.07 Å². The summed E-state index contributed by atoms with van der Waals surface area (Å²) in [6, 6.07) is 12.8. The number of benzene rings is 1. The summed E-state index contributed by atoms with van der Waals surface area (Å²) in [5.41, 5.74) is 3.66. The predicted molar refractivity (Wildman–Crippen MR) is 72.8 cm³/mol. The van der Waals surface area contributed by atoms with Crippen LogP contribution in [0.4, 0.5) is 5.69 Å². The lowest BCUT2D eigenvalue weighted by molar-refractivity contribution is 0.659. The molecule has 0 saturated carbocycles. The quantitative estimate of drug-likeness (QED) is 0.830. The average molecular weight is 260 g/mol. The number of fused-ring (bicyclic) bond motifs is 1. The largest absolute Gasteiger partial charge is 0.362 e. The van der Waals surface area contributed by atoms with Crippen LogP contribution in [0, 0.1) is 0 Å². The third-order valence-corrected chi connectivity index (χ3v) is 3.57. The molecule has 0 saturated heterocycles. The number of anilines is 1. The molecule has 2 heterocycles. The molecule has 1 unspecified atom stereocenters. The molecule has 0 spiro atoms. The minimum absolute atomic E-state index is 0.439. The number of hydrogen-bond acceptors (Lipinski definition) is 3. The Bertz CT molecular complexity index is 553. The number of nitrogens with zero attached hydrogens (tertiary/aromatic N) is 3. The van der Waals surface area contributed by atoms with Gasteiger partial charge in [-0.2, -0.15) is 5.10 Å². The highest BCUT2D eigenvalue weighted by molar-refractivity contribution is 6.29. The van der Waals surface area contributed by atoms with Crippen LogP contribution in [-0.2, 0) is 13.0 Å². The summed E-state index contributed by atoms with van der Waals surface area (Å²) < 4.78 is 0. The van der Waals surface area contributed by atoms with Crippen molar-refractivity contribution >= 4 is 17.3 Å². The molecule has 1 aromatic carbocycles. The van der Waals surface area contributed by atoms with Gasteiger partial charge in [0.25, 0.3) is 0 Å². The lowest BCUT2D eigenvalue weighted by Crippen LogP contribution is -2.29. The standard InChI is InChI=1S/C14H14ClN3/c1-10-8-11-4-2-3-5-13(11)18(10)9-12-6-7-14(15)17-16-12/h2-7,10H,8-9H2,1H3. The molecule has 1 atom stereocenters. The van der Waals surface area contributed by atoms with E-state index in [1.165, 1.54) is 11.3 Å². The fourth-order valence-corrected chi connectivity index (χ4v) is 2.57.